The molecule has 33 heavy (non-hydrogen) atoms. The van der Waals surface area contributed by atoms with Crippen molar-refractivity contribution in [3.63, 3.8) is 0 Å². The van der Waals surface area contributed by atoms with Crippen LogP contribution in [-0.2, 0) is 4.79 Å². The summed E-state index contributed by atoms with van der Waals surface area (Å²) < 4.78 is 1.80. The van der Waals surface area contributed by atoms with Gasteiger partial charge in [-0.3, -0.25) is 9.59 Å². The van der Waals surface area contributed by atoms with E-state index in [0.29, 0.717) is 24.0 Å². The van der Waals surface area contributed by atoms with Crippen LogP contribution in [0.5, 0.6) is 5.75 Å². The summed E-state index contributed by atoms with van der Waals surface area (Å²) in [5.41, 5.74) is 2.68. The Kier molecular flexibility index (Phi) is 5.30. The SMILES string of the molecule is Cc1ccnn1-c1cccc(NC(=O)C2CCCN2C(=O)c2ccc3ccccc3c2O)c1. The van der Waals surface area contributed by atoms with E-state index in [1.54, 1.807) is 27.9 Å². The Hall–Kier alpha value is -4.13. The zero-order valence-electron chi connectivity index (χ0n) is 18.2. The van der Waals surface area contributed by atoms with E-state index in [9.17, 15) is 14.7 Å². The van der Waals surface area contributed by atoms with Gasteiger partial charge in [-0.05, 0) is 55.5 Å². The summed E-state index contributed by atoms with van der Waals surface area (Å²) >= 11 is 0. The average molecular weight is 441 g/mol. The zero-order chi connectivity index (χ0) is 22.9. The minimum Gasteiger partial charge on any atom is -0.506 e. The summed E-state index contributed by atoms with van der Waals surface area (Å²) in [6, 6.07) is 19.6. The van der Waals surface area contributed by atoms with Crippen LogP contribution in [-0.4, -0.2) is 44.2 Å². The number of nitrogens with one attached hydrogen (secondary N) is 1. The van der Waals surface area contributed by atoms with Gasteiger partial charge in [0.05, 0.1) is 11.3 Å². The van der Waals surface area contributed by atoms with E-state index in [1.165, 1.54) is 0 Å². The van der Waals surface area contributed by atoms with Crippen molar-refractivity contribution in [2.75, 3.05) is 11.9 Å². The average Bonchev–Trinajstić information content (AvgIpc) is 3.48. The zero-order valence-corrected chi connectivity index (χ0v) is 18.2. The highest BCUT2D eigenvalue weighted by molar-refractivity contribution is 6.06. The van der Waals surface area contributed by atoms with Crippen LogP contribution in [0.2, 0.25) is 0 Å². The lowest BCUT2D eigenvalue weighted by Crippen LogP contribution is -2.43. The van der Waals surface area contributed by atoms with Crippen LogP contribution in [0.4, 0.5) is 5.69 Å². The number of hydrogen-bond donors (Lipinski definition) is 2. The number of phenols is 1. The van der Waals surface area contributed by atoms with Gasteiger partial charge in [-0.15, -0.1) is 0 Å². The molecular formula is C26H24N4O3. The van der Waals surface area contributed by atoms with Crippen molar-refractivity contribution in [1.82, 2.24) is 14.7 Å². The number of carbonyl (C=O) groups is 2. The van der Waals surface area contributed by atoms with Gasteiger partial charge in [0.25, 0.3) is 5.91 Å². The molecule has 0 saturated carbocycles. The summed E-state index contributed by atoms with van der Waals surface area (Å²) in [6.07, 6.45) is 3.03. The second-order valence-electron chi connectivity index (χ2n) is 8.26. The number of likely N-dealkylation sites (tertiary alicyclic amines) is 1. The molecule has 166 valence electrons. The number of aromatic hydroxyl groups is 1. The number of benzene rings is 3. The number of aryl methyl sites for hydroxylation is 1. The molecule has 2 N–H and O–H groups in total. The van der Waals surface area contributed by atoms with Crippen LogP contribution in [0.1, 0.15) is 28.9 Å². The van der Waals surface area contributed by atoms with E-state index in [1.807, 2.05) is 61.5 Å². The first kappa shape index (κ1) is 20.8. The molecule has 3 aromatic carbocycles. The molecule has 1 aliphatic heterocycles. The van der Waals surface area contributed by atoms with Crippen LogP contribution in [0.15, 0.2) is 72.9 Å². The van der Waals surface area contributed by atoms with E-state index < -0.39 is 6.04 Å². The van der Waals surface area contributed by atoms with Crippen molar-refractivity contribution >= 4 is 28.3 Å². The molecular weight excluding hydrogens is 416 g/mol. The first-order valence-electron chi connectivity index (χ1n) is 11.0. The first-order valence-corrected chi connectivity index (χ1v) is 11.0. The fourth-order valence-corrected chi connectivity index (χ4v) is 4.45. The number of aromatic nitrogens is 2. The lowest BCUT2D eigenvalue weighted by Gasteiger charge is -2.24. The Morgan fingerprint density at radius 3 is 2.73 bits per heavy atom. The molecule has 2 heterocycles. The highest BCUT2D eigenvalue weighted by atomic mass is 16.3. The monoisotopic (exact) mass is 440 g/mol. The molecule has 1 aromatic heterocycles. The molecule has 1 unspecified atom stereocenters. The third-order valence-corrected chi connectivity index (χ3v) is 6.14. The van der Waals surface area contributed by atoms with Crippen molar-refractivity contribution in [3.05, 3.63) is 84.2 Å². The molecule has 0 bridgehead atoms. The van der Waals surface area contributed by atoms with Gasteiger partial charge in [0.1, 0.15) is 11.8 Å². The van der Waals surface area contributed by atoms with E-state index in [2.05, 4.69) is 10.4 Å². The summed E-state index contributed by atoms with van der Waals surface area (Å²) in [7, 11) is 0. The Balaban J connectivity index is 1.37. The lowest BCUT2D eigenvalue weighted by atomic mass is 10.0. The summed E-state index contributed by atoms with van der Waals surface area (Å²) in [5, 5.41) is 19.5. The van der Waals surface area contributed by atoms with Crippen molar-refractivity contribution in [3.8, 4) is 11.4 Å². The predicted molar refractivity (Wildman–Crippen MR) is 127 cm³/mol. The van der Waals surface area contributed by atoms with Gasteiger partial charge < -0.3 is 15.3 Å². The van der Waals surface area contributed by atoms with Gasteiger partial charge >= 0.3 is 0 Å². The number of amides is 2. The lowest BCUT2D eigenvalue weighted by molar-refractivity contribution is -0.119. The van der Waals surface area contributed by atoms with E-state index in [0.717, 1.165) is 23.2 Å². The Morgan fingerprint density at radius 1 is 1.06 bits per heavy atom. The van der Waals surface area contributed by atoms with Gasteiger partial charge in [0.15, 0.2) is 0 Å². The molecule has 7 heteroatoms. The number of anilines is 1. The van der Waals surface area contributed by atoms with Crippen molar-refractivity contribution in [2.24, 2.45) is 0 Å². The fourth-order valence-electron chi connectivity index (χ4n) is 4.45. The second kappa shape index (κ2) is 8.43. The molecule has 0 radical (unpaired) electrons. The van der Waals surface area contributed by atoms with Crippen LogP contribution in [0.3, 0.4) is 0 Å². The fraction of sp³-hybridized carbons (Fsp3) is 0.192. The van der Waals surface area contributed by atoms with Crippen LogP contribution >= 0.6 is 0 Å². The molecule has 4 aromatic rings. The maximum absolute atomic E-state index is 13.3. The summed E-state index contributed by atoms with van der Waals surface area (Å²) in [4.78, 5) is 28.0. The number of carbonyl (C=O) groups excluding carboxylic acids is 2. The molecule has 1 atom stereocenters. The third kappa shape index (κ3) is 3.82. The quantitative estimate of drug-likeness (QED) is 0.496. The Morgan fingerprint density at radius 2 is 1.91 bits per heavy atom. The molecule has 2 amide bonds. The highest BCUT2D eigenvalue weighted by Crippen LogP contribution is 2.31. The molecule has 0 spiro atoms. The standard InChI is InChI=1S/C26H24N4O3/c1-17-13-14-27-30(17)20-8-4-7-19(16-20)28-25(32)23-10-5-15-29(23)26(33)22-12-11-18-6-2-3-9-21(18)24(22)31/h2-4,6-9,11-14,16,23,31H,5,10,15H2,1H3,(H,28,32). The molecule has 5 rings (SSSR count). The highest BCUT2D eigenvalue weighted by Gasteiger charge is 2.35. The maximum Gasteiger partial charge on any atom is 0.258 e. The van der Waals surface area contributed by atoms with Gasteiger partial charge in [-0.25, -0.2) is 4.68 Å². The van der Waals surface area contributed by atoms with Gasteiger partial charge in [-0.1, -0.05) is 36.4 Å². The van der Waals surface area contributed by atoms with Crippen molar-refractivity contribution in [2.45, 2.75) is 25.8 Å². The third-order valence-electron chi connectivity index (χ3n) is 6.14. The minimum atomic E-state index is -0.599. The molecule has 1 aliphatic rings. The van der Waals surface area contributed by atoms with E-state index in [-0.39, 0.29) is 23.1 Å². The smallest absolute Gasteiger partial charge is 0.258 e. The number of rotatable bonds is 4. The van der Waals surface area contributed by atoms with E-state index in [4.69, 9.17) is 0 Å². The molecule has 1 saturated heterocycles. The number of phenolic OH excluding ortho intramolecular Hbond substituents is 1. The van der Waals surface area contributed by atoms with Gasteiger partial charge in [-0.2, -0.15) is 5.10 Å². The minimum absolute atomic E-state index is 0.0496. The number of hydrogen-bond acceptors (Lipinski definition) is 4. The summed E-state index contributed by atoms with van der Waals surface area (Å²) in [5.74, 6) is -0.626. The van der Waals surface area contributed by atoms with Crippen LogP contribution < -0.4 is 5.32 Å². The topological polar surface area (TPSA) is 87.5 Å². The van der Waals surface area contributed by atoms with Gasteiger partial charge in [0.2, 0.25) is 5.91 Å². The van der Waals surface area contributed by atoms with Crippen molar-refractivity contribution in [1.29, 1.82) is 0 Å². The second-order valence-corrected chi connectivity index (χ2v) is 8.26. The van der Waals surface area contributed by atoms with Crippen molar-refractivity contribution < 1.29 is 14.7 Å². The molecule has 0 aliphatic carbocycles. The largest absolute Gasteiger partial charge is 0.506 e. The maximum atomic E-state index is 13.3. The number of nitrogens with zero attached hydrogens (tertiary/aromatic N) is 3. The Bertz CT molecular complexity index is 1360. The Labute approximate surface area is 191 Å². The van der Waals surface area contributed by atoms with E-state index >= 15 is 0 Å². The van der Waals surface area contributed by atoms with Crippen LogP contribution in [0.25, 0.3) is 16.5 Å². The number of fused-ring (bicyclic) bond motifs is 1. The van der Waals surface area contributed by atoms with Crippen LogP contribution in [0, 0.1) is 6.92 Å². The molecule has 1 fully saturated rings. The van der Waals surface area contributed by atoms with Gasteiger partial charge in [0, 0.05) is 29.5 Å². The first-order chi connectivity index (χ1) is 16.0. The summed E-state index contributed by atoms with van der Waals surface area (Å²) in [6.45, 7) is 2.43. The normalized spacial score (nSPS) is 15.7. The molecule has 7 nitrogen and oxygen atoms in total. The predicted octanol–water partition coefficient (Wildman–Crippen LogP) is 4.28.